The minimum atomic E-state index is -1.04. The molecule has 3 aromatic heterocycles. The van der Waals surface area contributed by atoms with Gasteiger partial charge in [-0.05, 0) is 61.3 Å². The lowest BCUT2D eigenvalue weighted by atomic mass is 10.00. The molecule has 0 atom stereocenters. The van der Waals surface area contributed by atoms with Crippen molar-refractivity contribution in [2.24, 2.45) is 0 Å². The van der Waals surface area contributed by atoms with E-state index >= 15 is 4.39 Å². The molecule has 0 amide bonds. The zero-order valence-electron chi connectivity index (χ0n) is 18.3. The molecule has 0 bridgehead atoms. The monoisotopic (exact) mass is 490 g/mol. The number of hydrogen-bond donors (Lipinski definition) is 2. The minimum absolute atomic E-state index is 0.0853. The first-order valence-electron chi connectivity index (χ1n) is 10.5. The molecule has 0 saturated carbocycles. The Balaban J connectivity index is 1.50. The number of benzene rings is 2. The van der Waals surface area contributed by atoms with Crippen molar-refractivity contribution in [3.05, 3.63) is 107 Å². The predicted molar refractivity (Wildman–Crippen MR) is 130 cm³/mol. The third kappa shape index (κ3) is 4.50. The first kappa shape index (κ1) is 22.7. The van der Waals surface area contributed by atoms with Gasteiger partial charge in [-0.25, -0.2) is 18.2 Å². The zero-order valence-corrected chi connectivity index (χ0v) is 19.1. The number of nitrogens with zero attached hydrogens (tertiary/aromatic N) is 2. The Hall–Kier alpha value is -4.11. The van der Waals surface area contributed by atoms with Crippen LogP contribution in [0.25, 0.3) is 22.2 Å². The second-order valence-electron chi connectivity index (χ2n) is 7.79. The summed E-state index contributed by atoms with van der Waals surface area (Å²) in [6.45, 7) is 1.87. The number of aryl methyl sites for hydroxylation is 1. The van der Waals surface area contributed by atoms with E-state index < -0.39 is 28.8 Å². The van der Waals surface area contributed by atoms with Gasteiger partial charge < -0.3 is 9.71 Å². The second-order valence-corrected chi connectivity index (χ2v) is 8.66. The Labute approximate surface area is 202 Å². The number of fused-ring (bicyclic) bond motifs is 1. The van der Waals surface area contributed by atoms with Crippen LogP contribution in [0.1, 0.15) is 21.6 Å². The number of rotatable bonds is 6. The van der Waals surface area contributed by atoms with E-state index in [4.69, 9.17) is 0 Å². The molecule has 9 heteroatoms. The van der Waals surface area contributed by atoms with Crippen molar-refractivity contribution in [3.63, 3.8) is 0 Å². The molecule has 0 aliphatic carbocycles. The molecule has 2 aromatic carbocycles. The number of carbonyl (C=O) groups is 1. The van der Waals surface area contributed by atoms with Crippen LogP contribution in [0.2, 0.25) is 0 Å². The number of ketones is 1. The quantitative estimate of drug-likeness (QED) is 0.205. The van der Waals surface area contributed by atoms with E-state index in [-0.39, 0.29) is 11.3 Å². The average molecular weight is 491 g/mol. The fourth-order valence-corrected chi connectivity index (χ4v) is 4.31. The molecule has 5 nitrogen and oxygen atoms in total. The summed E-state index contributed by atoms with van der Waals surface area (Å²) in [5, 5.41) is 0.430. The van der Waals surface area contributed by atoms with Crippen LogP contribution in [-0.2, 0) is 0 Å². The van der Waals surface area contributed by atoms with Gasteiger partial charge in [0.15, 0.2) is 5.82 Å². The number of H-pyrrole nitrogens is 1. The molecule has 0 spiro atoms. The molecule has 0 radical (unpaired) electrons. The van der Waals surface area contributed by atoms with Crippen LogP contribution in [0.15, 0.2) is 78.1 Å². The number of hydrogen-bond acceptors (Lipinski definition) is 5. The molecule has 0 aliphatic rings. The molecule has 3 heterocycles. The maximum atomic E-state index is 15.3. The zero-order chi connectivity index (χ0) is 24.5. The Morgan fingerprint density at radius 2 is 1.80 bits per heavy atom. The van der Waals surface area contributed by atoms with E-state index in [2.05, 4.69) is 19.7 Å². The van der Waals surface area contributed by atoms with Crippen molar-refractivity contribution in [2.45, 2.75) is 11.8 Å². The summed E-state index contributed by atoms with van der Waals surface area (Å²) in [6, 6.07) is 13.4. The van der Waals surface area contributed by atoms with E-state index in [1.54, 1.807) is 24.5 Å². The number of halogens is 3. The van der Waals surface area contributed by atoms with Crippen molar-refractivity contribution >= 4 is 34.5 Å². The smallest absolute Gasteiger partial charge is 0.201 e. The van der Waals surface area contributed by atoms with Crippen LogP contribution in [0.5, 0.6) is 0 Å². The number of anilines is 1. The van der Waals surface area contributed by atoms with Crippen LogP contribution in [0, 0.1) is 24.4 Å². The Kier molecular flexibility index (Phi) is 6.00. The van der Waals surface area contributed by atoms with E-state index in [0.29, 0.717) is 21.5 Å². The van der Waals surface area contributed by atoms with Crippen LogP contribution in [0.3, 0.4) is 0 Å². The van der Waals surface area contributed by atoms with Crippen LogP contribution >= 0.6 is 11.9 Å². The van der Waals surface area contributed by atoms with Crippen molar-refractivity contribution in [3.8, 4) is 11.1 Å². The van der Waals surface area contributed by atoms with Gasteiger partial charge in [-0.1, -0.05) is 12.1 Å². The predicted octanol–water partition coefficient (Wildman–Crippen LogP) is 6.70. The fourth-order valence-electron chi connectivity index (χ4n) is 3.61. The van der Waals surface area contributed by atoms with Gasteiger partial charge in [0.1, 0.15) is 17.3 Å². The van der Waals surface area contributed by atoms with E-state index in [1.165, 1.54) is 30.5 Å². The second kappa shape index (κ2) is 9.27. The first-order chi connectivity index (χ1) is 16.9. The lowest BCUT2D eigenvalue weighted by Gasteiger charge is -2.11. The Morgan fingerprint density at radius 3 is 2.57 bits per heavy atom. The molecule has 0 unspecified atom stereocenters. The van der Waals surface area contributed by atoms with Crippen molar-refractivity contribution in [1.29, 1.82) is 0 Å². The average Bonchev–Trinajstić information content (AvgIpc) is 3.27. The topological polar surface area (TPSA) is 70.7 Å². The van der Waals surface area contributed by atoms with Gasteiger partial charge in [-0.2, -0.15) is 0 Å². The lowest BCUT2D eigenvalue weighted by Crippen LogP contribution is -2.09. The van der Waals surface area contributed by atoms with Crippen LogP contribution in [0.4, 0.5) is 18.9 Å². The molecule has 0 aliphatic heterocycles. The van der Waals surface area contributed by atoms with Crippen molar-refractivity contribution < 1.29 is 18.0 Å². The minimum Gasteiger partial charge on any atom is -0.345 e. The molecule has 35 heavy (non-hydrogen) atoms. The van der Waals surface area contributed by atoms with Gasteiger partial charge in [0.05, 0.1) is 11.3 Å². The number of nitrogens with one attached hydrogen (secondary N) is 2. The van der Waals surface area contributed by atoms with E-state index in [1.807, 2.05) is 19.1 Å². The van der Waals surface area contributed by atoms with Gasteiger partial charge >= 0.3 is 0 Å². The summed E-state index contributed by atoms with van der Waals surface area (Å²) in [7, 11) is 0. The van der Waals surface area contributed by atoms with Crippen LogP contribution < -0.4 is 4.72 Å². The van der Waals surface area contributed by atoms with Gasteiger partial charge in [-0.3, -0.25) is 9.78 Å². The number of aromatic amines is 1. The molecule has 5 rings (SSSR count). The summed E-state index contributed by atoms with van der Waals surface area (Å²) < 4.78 is 46.1. The molecular weight excluding hydrogens is 473 g/mol. The van der Waals surface area contributed by atoms with E-state index in [0.717, 1.165) is 29.3 Å². The maximum absolute atomic E-state index is 15.3. The number of carbonyl (C=O) groups excluding carboxylic acids is 1. The highest BCUT2D eigenvalue weighted by molar-refractivity contribution is 8.00. The standard InChI is InChI=1S/C26H17F3N4OS/c1-14-5-6-15(11-30-14)16-9-19-20(13-32-26(19)31-12-16)25(34)23-21(28)7-8-22(24(23)29)33-35-18-4-2-3-17(27)10-18/h2-13,33H,1H3,(H,31,32). The normalized spacial score (nSPS) is 11.1. The molecule has 0 saturated heterocycles. The maximum Gasteiger partial charge on any atom is 0.201 e. The lowest BCUT2D eigenvalue weighted by molar-refractivity contribution is 0.103. The number of aromatic nitrogens is 3. The first-order valence-corrected chi connectivity index (χ1v) is 11.3. The van der Waals surface area contributed by atoms with Crippen LogP contribution in [-0.4, -0.2) is 20.7 Å². The Morgan fingerprint density at radius 1 is 0.971 bits per heavy atom. The fraction of sp³-hybridized carbons (Fsp3) is 0.0385. The van der Waals surface area contributed by atoms with Gasteiger partial charge in [0.25, 0.3) is 0 Å². The largest absolute Gasteiger partial charge is 0.345 e. The van der Waals surface area contributed by atoms with Crippen molar-refractivity contribution in [2.75, 3.05) is 4.72 Å². The van der Waals surface area contributed by atoms with Crippen molar-refractivity contribution in [1.82, 2.24) is 15.0 Å². The molecule has 174 valence electrons. The molecular formula is C26H17F3N4OS. The van der Waals surface area contributed by atoms with E-state index in [9.17, 15) is 13.6 Å². The number of pyridine rings is 2. The summed E-state index contributed by atoms with van der Waals surface area (Å²) >= 11 is 0.943. The Bertz CT molecular complexity index is 1570. The third-order valence-electron chi connectivity index (χ3n) is 5.41. The molecule has 0 fully saturated rings. The molecule has 2 N–H and O–H groups in total. The third-order valence-corrected chi connectivity index (χ3v) is 6.23. The SMILES string of the molecule is Cc1ccc(-c2cnc3[nH]cc(C(=O)c4c(F)ccc(NSc5cccc(F)c5)c4F)c3c2)cn1. The molecule has 5 aromatic rings. The summed E-state index contributed by atoms with van der Waals surface area (Å²) in [5.74, 6) is -3.30. The van der Waals surface area contributed by atoms with Gasteiger partial charge in [-0.15, -0.1) is 0 Å². The summed E-state index contributed by atoms with van der Waals surface area (Å²) in [4.78, 5) is 25.3. The van der Waals surface area contributed by atoms with Gasteiger partial charge in [0.2, 0.25) is 5.78 Å². The highest BCUT2D eigenvalue weighted by Gasteiger charge is 2.24. The van der Waals surface area contributed by atoms with Gasteiger partial charge in [0, 0.05) is 51.3 Å². The summed E-state index contributed by atoms with van der Waals surface area (Å²) in [5.41, 5.74) is 2.06. The highest BCUT2D eigenvalue weighted by atomic mass is 32.2. The summed E-state index contributed by atoms with van der Waals surface area (Å²) in [6.07, 6.45) is 4.71. The highest BCUT2D eigenvalue weighted by Crippen LogP contribution is 2.31.